The molecule has 0 aliphatic carbocycles. The number of nitrogen functional groups attached to an aromatic ring is 1. The van der Waals surface area contributed by atoms with Crippen LogP contribution in [0.3, 0.4) is 0 Å². The van der Waals surface area contributed by atoms with Crippen molar-refractivity contribution in [2.75, 3.05) is 5.73 Å². The highest BCUT2D eigenvalue weighted by Crippen LogP contribution is 2.11. The van der Waals surface area contributed by atoms with Gasteiger partial charge < -0.3 is 5.73 Å². The first-order valence-electron chi connectivity index (χ1n) is 4.57. The predicted octanol–water partition coefficient (Wildman–Crippen LogP) is 1.59. The van der Waals surface area contributed by atoms with Gasteiger partial charge >= 0.3 is 0 Å². The second kappa shape index (κ2) is 3.54. The lowest BCUT2D eigenvalue weighted by Crippen LogP contribution is -1.99. The van der Waals surface area contributed by atoms with E-state index in [1.54, 1.807) is 0 Å². The number of nitrogens with zero attached hydrogens (tertiary/aromatic N) is 2. The number of aryl methyl sites for hydroxylation is 1. The van der Waals surface area contributed by atoms with Crippen molar-refractivity contribution in [3.8, 4) is 0 Å². The molecule has 0 aliphatic heterocycles. The molecular weight excluding hydrogens is 174 g/mol. The maximum absolute atomic E-state index is 5.70. The van der Waals surface area contributed by atoms with E-state index in [-0.39, 0.29) is 0 Å². The number of nitrogens with two attached hydrogens (primary N) is 1. The van der Waals surface area contributed by atoms with E-state index >= 15 is 0 Å². The molecule has 72 valence electrons. The zero-order chi connectivity index (χ0) is 9.97. The minimum Gasteiger partial charge on any atom is -0.399 e. The highest BCUT2D eigenvalue weighted by molar-refractivity contribution is 5.41. The van der Waals surface area contributed by atoms with Crippen molar-refractivity contribution < 1.29 is 0 Å². The molecule has 0 saturated heterocycles. The maximum Gasteiger partial charge on any atom is 0.0492 e. The minimum absolute atomic E-state index is 0.810. The Morgan fingerprint density at radius 2 is 2.21 bits per heavy atom. The van der Waals surface area contributed by atoms with Crippen LogP contribution in [0.15, 0.2) is 36.5 Å². The molecule has 0 radical (unpaired) electrons. The van der Waals surface area contributed by atoms with Gasteiger partial charge in [-0.3, -0.25) is 4.68 Å². The van der Waals surface area contributed by atoms with Crippen LogP contribution in [0.4, 0.5) is 5.69 Å². The van der Waals surface area contributed by atoms with E-state index in [4.69, 9.17) is 5.73 Å². The maximum atomic E-state index is 5.70. The molecule has 0 unspecified atom stereocenters. The summed E-state index contributed by atoms with van der Waals surface area (Å²) in [5.74, 6) is 0. The number of hydrogen-bond acceptors (Lipinski definition) is 2. The van der Waals surface area contributed by atoms with Gasteiger partial charge in [-0.05, 0) is 23.8 Å². The molecule has 3 heteroatoms. The van der Waals surface area contributed by atoms with Gasteiger partial charge in [0.2, 0.25) is 0 Å². The lowest BCUT2D eigenvalue weighted by Gasteiger charge is -2.02. The summed E-state index contributed by atoms with van der Waals surface area (Å²) in [5, 5.41) is 4.12. The summed E-state index contributed by atoms with van der Waals surface area (Å²) in [6, 6.07) is 9.95. The number of hydrogen-bond donors (Lipinski definition) is 1. The highest BCUT2D eigenvalue weighted by atomic mass is 15.2. The summed E-state index contributed by atoms with van der Waals surface area (Å²) in [6.45, 7) is 0. The lowest BCUT2D eigenvalue weighted by atomic mass is 10.1. The first kappa shape index (κ1) is 8.81. The fourth-order valence-electron chi connectivity index (χ4n) is 1.49. The summed E-state index contributed by atoms with van der Waals surface area (Å²) in [5.41, 5.74) is 8.92. The molecule has 0 fully saturated rings. The van der Waals surface area contributed by atoms with E-state index < -0.39 is 0 Å². The third kappa shape index (κ3) is 1.76. The third-order valence-corrected chi connectivity index (χ3v) is 2.26. The molecule has 2 rings (SSSR count). The zero-order valence-electron chi connectivity index (χ0n) is 8.14. The monoisotopic (exact) mass is 187 g/mol. The van der Waals surface area contributed by atoms with Gasteiger partial charge in [-0.25, -0.2) is 0 Å². The van der Waals surface area contributed by atoms with Crippen molar-refractivity contribution in [1.29, 1.82) is 0 Å². The van der Waals surface area contributed by atoms with E-state index in [2.05, 4.69) is 11.2 Å². The van der Waals surface area contributed by atoms with E-state index in [0.717, 1.165) is 12.1 Å². The van der Waals surface area contributed by atoms with Gasteiger partial charge in [-0.1, -0.05) is 12.1 Å². The first-order valence-corrected chi connectivity index (χ1v) is 4.57. The van der Waals surface area contributed by atoms with Crippen LogP contribution in [0.2, 0.25) is 0 Å². The summed E-state index contributed by atoms with van der Waals surface area (Å²) in [4.78, 5) is 0. The molecule has 1 heterocycles. The lowest BCUT2D eigenvalue weighted by molar-refractivity contribution is 0.724. The van der Waals surface area contributed by atoms with Gasteiger partial charge in [-0.2, -0.15) is 5.10 Å². The van der Waals surface area contributed by atoms with Crippen molar-refractivity contribution in [2.45, 2.75) is 6.42 Å². The Kier molecular flexibility index (Phi) is 2.23. The third-order valence-electron chi connectivity index (χ3n) is 2.26. The van der Waals surface area contributed by atoms with Crippen LogP contribution in [0.1, 0.15) is 11.3 Å². The van der Waals surface area contributed by atoms with Gasteiger partial charge in [0, 0.05) is 31.0 Å². The van der Waals surface area contributed by atoms with Crippen LogP contribution < -0.4 is 5.73 Å². The molecule has 1 aromatic heterocycles. The quantitative estimate of drug-likeness (QED) is 0.725. The van der Waals surface area contributed by atoms with E-state index in [1.165, 1.54) is 11.3 Å². The molecule has 2 N–H and O–H groups in total. The van der Waals surface area contributed by atoms with Gasteiger partial charge in [0.1, 0.15) is 0 Å². The normalized spacial score (nSPS) is 10.4. The molecule has 0 spiro atoms. The molecule has 3 nitrogen and oxygen atoms in total. The van der Waals surface area contributed by atoms with E-state index in [9.17, 15) is 0 Å². The number of aromatic nitrogens is 2. The van der Waals surface area contributed by atoms with Gasteiger partial charge in [0.25, 0.3) is 0 Å². The number of anilines is 1. The highest BCUT2D eigenvalue weighted by Gasteiger charge is 2.00. The topological polar surface area (TPSA) is 43.8 Å². The van der Waals surface area contributed by atoms with Crippen LogP contribution in [0.25, 0.3) is 0 Å². The van der Waals surface area contributed by atoms with Crippen molar-refractivity contribution in [1.82, 2.24) is 9.78 Å². The summed E-state index contributed by atoms with van der Waals surface area (Å²) in [6.07, 6.45) is 2.68. The molecular formula is C11H13N3. The Morgan fingerprint density at radius 1 is 1.36 bits per heavy atom. The van der Waals surface area contributed by atoms with E-state index in [0.29, 0.717) is 0 Å². The number of benzene rings is 1. The van der Waals surface area contributed by atoms with Gasteiger partial charge in [0.05, 0.1) is 0 Å². The van der Waals surface area contributed by atoms with Crippen molar-refractivity contribution in [2.24, 2.45) is 7.05 Å². The van der Waals surface area contributed by atoms with Crippen LogP contribution >= 0.6 is 0 Å². The summed E-state index contributed by atoms with van der Waals surface area (Å²) in [7, 11) is 1.95. The number of rotatable bonds is 2. The molecule has 0 atom stereocenters. The largest absolute Gasteiger partial charge is 0.399 e. The van der Waals surface area contributed by atoms with Crippen LogP contribution in [0, 0.1) is 0 Å². The van der Waals surface area contributed by atoms with Crippen molar-refractivity contribution in [3.05, 3.63) is 47.8 Å². The second-order valence-corrected chi connectivity index (χ2v) is 3.37. The average Bonchev–Trinajstić information content (AvgIpc) is 2.52. The van der Waals surface area contributed by atoms with Crippen LogP contribution in [-0.2, 0) is 13.5 Å². The molecule has 2 aromatic rings. The molecule has 1 aromatic carbocycles. The fourth-order valence-corrected chi connectivity index (χ4v) is 1.49. The molecule has 0 saturated carbocycles. The second-order valence-electron chi connectivity index (χ2n) is 3.37. The Bertz CT molecular complexity index is 432. The first-order chi connectivity index (χ1) is 6.75. The Labute approximate surface area is 83.2 Å². The molecule has 14 heavy (non-hydrogen) atoms. The van der Waals surface area contributed by atoms with Crippen LogP contribution in [-0.4, -0.2) is 9.78 Å². The summed E-state index contributed by atoms with van der Waals surface area (Å²) < 4.78 is 1.88. The average molecular weight is 187 g/mol. The van der Waals surface area contributed by atoms with Gasteiger partial charge in [-0.15, -0.1) is 0 Å². The molecule has 0 amide bonds. The standard InChI is InChI=1S/C11H13N3/c1-14-11(5-6-13-14)8-9-3-2-4-10(12)7-9/h2-7H,8,12H2,1H3. The Balaban J connectivity index is 2.23. The Morgan fingerprint density at radius 3 is 2.86 bits per heavy atom. The van der Waals surface area contributed by atoms with Crippen molar-refractivity contribution >= 4 is 5.69 Å². The molecule has 0 aliphatic rings. The van der Waals surface area contributed by atoms with Crippen molar-refractivity contribution in [3.63, 3.8) is 0 Å². The summed E-state index contributed by atoms with van der Waals surface area (Å²) >= 11 is 0. The SMILES string of the molecule is Cn1nccc1Cc1cccc(N)c1. The zero-order valence-corrected chi connectivity index (χ0v) is 8.14. The van der Waals surface area contributed by atoms with Crippen LogP contribution in [0.5, 0.6) is 0 Å². The smallest absolute Gasteiger partial charge is 0.0492 e. The fraction of sp³-hybridized carbons (Fsp3) is 0.182. The minimum atomic E-state index is 0.810. The Hall–Kier alpha value is -1.77. The van der Waals surface area contributed by atoms with Gasteiger partial charge in [0.15, 0.2) is 0 Å². The van der Waals surface area contributed by atoms with E-state index in [1.807, 2.05) is 42.2 Å². The predicted molar refractivity (Wildman–Crippen MR) is 56.9 cm³/mol. The molecule has 0 bridgehead atoms.